The number of aromatic hydroxyl groups is 1. The molecule has 1 aromatic carbocycles. The van der Waals surface area contributed by atoms with Gasteiger partial charge in [0.25, 0.3) is 5.91 Å². The number of nitrogens with one attached hydrogen (secondary N) is 2. The van der Waals surface area contributed by atoms with Gasteiger partial charge in [0.05, 0.1) is 6.04 Å². The Morgan fingerprint density at radius 2 is 2.35 bits per heavy atom. The molecule has 20 heavy (non-hydrogen) atoms. The molecule has 1 fully saturated rings. The van der Waals surface area contributed by atoms with Crippen LogP contribution in [0.2, 0.25) is 0 Å². The number of carbonyl (C=O) groups excluding carboxylic acids is 1. The average Bonchev–Trinajstić information content (AvgIpc) is 3.08. The van der Waals surface area contributed by atoms with Gasteiger partial charge in [-0.2, -0.15) is 0 Å². The summed E-state index contributed by atoms with van der Waals surface area (Å²) >= 11 is 0. The summed E-state index contributed by atoms with van der Waals surface area (Å²) in [4.78, 5) is 11.9. The maximum Gasteiger partial charge on any atom is 0.322 e. The summed E-state index contributed by atoms with van der Waals surface area (Å²) in [5.41, 5.74) is 0.323. The number of hydrogen-bond acceptors (Lipinski definition) is 6. The van der Waals surface area contributed by atoms with Crippen molar-refractivity contribution in [2.75, 3.05) is 11.9 Å². The predicted molar refractivity (Wildman–Crippen MR) is 70.3 cm³/mol. The van der Waals surface area contributed by atoms with Crippen molar-refractivity contribution in [3.8, 4) is 5.75 Å². The van der Waals surface area contributed by atoms with E-state index in [1.807, 2.05) is 0 Å². The minimum atomic E-state index is -0.407. The second-order valence-corrected chi connectivity index (χ2v) is 4.60. The topological polar surface area (TPSA) is 100 Å². The normalized spacial score (nSPS) is 18.1. The van der Waals surface area contributed by atoms with Gasteiger partial charge in [0.1, 0.15) is 5.75 Å². The van der Waals surface area contributed by atoms with Crippen molar-refractivity contribution in [3.05, 3.63) is 35.7 Å². The van der Waals surface area contributed by atoms with E-state index in [0.29, 0.717) is 11.5 Å². The Morgan fingerprint density at radius 1 is 1.45 bits per heavy atom. The van der Waals surface area contributed by atoms with Gasteiger partial charge in [0.2, 0.25) is 5.89 Å². The van der Waals surface area contributed by atoms with Crippen molar-refractivity contribution in [1.82, 2.24) is 15.5 Å². The highest BCUT2D eigenvalue weighted by molar-refractivity contribution is 6.03. The quantitative estimate of drug-likeness (QED) is 0.783. The van der Waals surface area contributed by atoms with Crippen LogP contribution in [0.5, 0.6) is 5.75 Å². The number of phenolic OH excluding ortho intramolecular Hbond substituents is 1. The average molecular weight is 274 g/mol. The van der Waals surface area contributed by atoms with Gasteiger partial charge >= 0.3 is 6.01 Å². The van der Waals surface area contributed by atoms with Crippen LogP contribution in [0, 0.1) is 0 Å². The third kappa shape index (κ3) is 2.62. The van der Waals surface area contributed by atoms with Crippen LogP contribution in [0.25, 0.3) is 0 Å². The third-order valence-corrected chi connectivity index (χ3v) is 3.13. The molecule has 1 aromatic heterocycles. The highest BCUT2D eigenvalue weighted by Gasteiger charge is 2.22. The van der Waals surface area contributed by atoms with E-state index in [2.05, 4.69) is 20.8 Å². The number of phenols is 1. The van der Waals surface area contributed by atoms with Crippen molar-refractivity contribution in [2.24, 2.45) is 0 Å². The van der Waals surface area contributed by atoms with Crippen LogP contribution in [0.4, 0.5) is 6.01 Å². The number of amides is 1. The Hall–Kier alpha value is -2.41. The first kappa shape index (κ1) is 12.6. The first-order valence-corrected chi connectivity index (χ1v) is 6.39. The highest BCUT2D eigenvalue weighted by atomic mass is 16.4. The van der Waals surface area contributed by atoms with Gasteiger partial charge in [0.15, 0.2) is 0 Å². The van der Waals surface area contributed by atoms with Crippen LogP contribution in [-0.2, 0) is 0 Å². The molecule has 2 heterocycles. The molecule has 1 saturated heterocycles. The molecule has 0 aliphatic carbocycles. The molecule has 1 aliphatic rings. The lowest BCUT2D eigenvalue weighted by Crippen LogP contribution is -2.13. The Morgan fingerprint density at radius 3 is 3.10 bits per heavy atom. The highest BCUT2D eigenvalue weighted by Crippen LogP contribution is 2.23. The van der Waals surface area contributed by atoms with Crippen molar-refractivity contribution in [2.45, 2.75) is 18.9 Å². The fourth-order valence-electron chi connectivity index (χ4n) is 2.14. The van der Waals surface area contributed by atoms with E-state index in [1.165, 1.54) is 12.1 Å². The minimum absolute atomic E-state index is 0.0269. The zero-order chi connectivity index (χ0) is 13.9. The second kappa shape index (κ2) is 5.30. The Kier molecular flexibility index (Phi) is 3.34. The molecule has 1 unspecified atom stereocenters. The zero-order valence-corrected chi connectivity index (χ0v) is 10.7. The number of benzene rings is 1. The van der Waals surface area contributed by atoms with Gasteiger partial charge in [-0.1, -0.05) is 11.2 Å². The van der Waals surface area contributed by atoms with Gasteiger partial charge in [-0.15, -0.1) is 5.10 Å². The number of carbonyl (C=O) groups is 1. The number of anilines is 1. The van der Waals surface area contributed by atoms with Gasteiger partial charge < -0.3 is 14.8 Å². The fraction of sp³-hybridized carbons (Fsp3) is 0.308. The SMILES string of the molecule is O=C(Nc1nnc(C2CCCN2)o1)c1cccc(O)c1. The van der Waals surface area contributed by atoms with Crippen molar-refractivity contribution in [3.63, 3.8) is 0 Å². The van der Waals surface area contributed by atoms with E-state index in [1.54, 1.807) is 12.1 Å². The minimum Gasteiger partial charge on any atom is -0.508 e. The number of rotatable bonds is 3. The molecular weight excluding hydrogens is 260 g/mol. The van der Waals surface area contributed by atoms with E-state index < -0.39 is 5.91 Å². The van der Waals surface area contributed by atoms with E-state index >= 15 is 0 Å². The molecule has 0 spiro atoms. The Bertz CT molecular complexity index is 620. The fourth-order valence-corrected chi connectivity index (χ4v) is 2.14. The molecule has 1 amide bonds. The monoisotopic (exact) mass is 274 g/mol. The lowest BCUT2D eigenvalue weighted by atomic mass is 10.2. The van der Waals surface area contributed by atoms with Gasteiger partial charge in [0, 0.05) is 5.56 Å². The van der Waals surface area contributed by atoms with Gasteiger partial charge in [-0.25, -0.2) is 0 Å². The lowest BCUT2D eigenvalue weighted by molar-refractivity contribution is 0.102. The first-order valence-electron chi connectivity index (χ1n) is 6.39. The van der Waals surface area contributed by atoms with E-state index in [9.17, 15) is 9.90 Å². The largest absolute Gasteiger partial charge is 0.508 e. The summed E-state index contributed by atoms with van der Waals surface area (Å²) in [5, 5.41) is 22.8. The molecular formula is C13H14N4O3. The molecule has 3 rings (SSSR count). The first-order chi connectivity index (χ1) is 9.72. The number of nitrogens with zero attached hydrogens (tertiary/aromatic N) is 2. The van der Waals surface area contributed by atoms with Crippen LogP contribution >= 0.6 is 0 Å². The molecule has 0 bridgehead atoms. The predicted octanol–water partition coefficient (Wildman–Crippen LogP) is 1.45. The molecule has 2 aromatic rings. The standard InChI is InChI=1S/C13H14N4O3/c18-9-4-1-3-8(7-9)11(19)15-13-17-16-12(20-13)10-5-2-6-14-10/h1,3-4,7,10,14,18H,2,5-6H2,(H,15,17,19). The van der Waals surface area contributed by atoms with Crippen molar-refractivity contribution < 1.29 is 14.3 Å². The van der Waals surface area contributed by atoms with Gasteiger partial charge in [-0.3, -0.25) is 10.1 Å². The Labute approximate surface area is 115 Å². The van der Waals surface area contributed by atoms with Crippen LogP contribution in [0.1, 0.15) is 35.1 Å². The summed E-state index contributed by atoms with van der Waals surface area (Å²) in [6.45, 7) is 0.929. The van der Waals surface area contributed by atoms with Crippen LogP contribution in [-0.4, -0.2) is 27.8 Å². The summed E-state index contributed by atoms with van der Waals surface area (Å²) in [5.74, 6) is 0.100. The molecule has 3 N–H and O–H groups in total. The maximum absolute atomic E-state index is 11.9. The smallest absolute Gasteiger partial charge is 0.322 e. The summed E-state index contributed by atoms with van der Waals surface area (Å²) in [6, 6.07) is 6.16. The molecule has 7 nitrogen and oxygen atoms in total. The molecule has 104 valence electrons. The van der Waals surface area contributed by atoms with Crippen molar-refractivity contribution in [1.29, 1.82) is 0 Å². The van der Waals surface area contributed by atoms with Crippen molar-refractivity contribution >= 4 is 11.9 Å². The molecule has 1 atom stereocenters. The summed E-state index contributed by atoms with van der Waals surface area (Å²) in [7, 11) is 0. The third-order valence-electron chi connectivity index (χ3n) is 3.13. The molecule has 7 heteroatoms. The molecule has 0 radical (unpaired) electrons. The van der Waals surface area contributed by atoms with E-state index in [0.717, 1.165) is 19.4 Å². The van der Waals surface area contributed by atoms with Crippen LogP contribution < -0.4 is 10.6 Å². The lowest BCUT2D eigenvalue weighted by Gasteiger charge is -2.03. The number of hydrogen-bond donors (Lipinski definition) is 3. The van der Waals surface area contributed by atoms with E-state index in [4.69, 9.17) is 4.42 Å². The van der Waals surface area contributed by atoms with E-state index in [-0.39, 0.29) is 17.8 Å². The number of aromatic nitrogens is 2. The van der Waals surface area contributed by atoms with Crippen LogP contribution in [0.3, 0.4) is 0 Å². The van der Waals surface area contributed by atoms with Crippen LogP contribution in [0.15, 0.2) is 28.7 Å². The second-order valence-electron chi connectivity index (χ2n) is 4.60. The Balaban J connectivity index is 1.70. The zero-order valence-electron chi connectivity index (χ0n) is 10.7. The van der Waals surface area contributed by atoms with Gasteiger partial charge in [-0.05, 0) is 37.6 Å². The summed E-state index contributed by atoms with van der Waals surface area (Å²) in [6.07, 6.45) is 2.01. The molecule has 0 saturated carbocycles. The maximum atomic E-state index is 11.9. The summed E-state index contributed by atoms with van der Waals surface area (Å²) < 4.78 is 5.41. The molecule has 1 aliphatic heterocycles.